The van der Waals surface area contributed by atoms with Crippen molar-refractivity contribution in [1.82, 2.24) is 10.2 Å². The maximum atomic E-state index is 5.23. The Hall–Kier alpha value is -0.730. The highest BCUT2D eigenvalue weighted by Gasteiger charge is 2.28. The van der Waals surface area contributed by atoms with E-state index in [0.29, 0.717) is 12.1 Å². The second-order valence-corrected chi connectivity index (χ2v) is 7.65. The van der Waals surface area contributed by atoms with Gasteiger partial charge in [0.15, 0.2) is 5.96 Å². The molecule has 0 radical (unpaired) electrons. The van der Waals surface area contributed by atoms with E-state index >= 15 is 0 Å². The van der Waals surface area contributed by atoms with Crippen LogP contribution in [-0.2, 0) is 0 Å². The first-order chi connectivity index (χ1) is 10.9. The molecule has 3 fully saturated rings. The minimum Gasteiger partial charge on any atom is -0.353 e. The normalized spacial score (nSPS) is 25.2. The van der Waals surface area contributed by atoms with Crippen LogP contribution in [0.2, 0.25) is 0 Å². The van der Waals surface area contributed by atoms with Crippen molar-refractivity contribution in [3.63, 3.8) is 0 Å². The highest BCUT2D eigenvalue weighted by molar-refractivity contribution is 5.81. The highest BCUT2D eigenvalue weighted by Crippen LogP contribution is 2.27. The zero-order chi connectivity index (χ0) is 15.2. The van der Waals surface area contributed by atoms with Crippen molar-refractivity contribution in [1.29, 1.82) is 0 Å². The van der Waals surface area contributed by atoms with Crippen LogP contribution < -0.4 is 5.32 Å². The predicted molar refractivity (Wildman–Crippen MR) is 94.3 cm³/mol. The molecule has 0 heterocycles. The molecule has 3 heteroatoms. The Morgan fingerprint density at radius 1 is 0.909 bits per heavy atom. The fourth-order valence-corrected chi connectivity index (χ4v) is 4.57. The first-order valence-corrected chi connectivity index (χ1v) is 9.98. The fraction of sp³-hybridized carbons (Fsp3) is 0.947. The van der Waals surface area contributed by atoms with Gasteiger partial charge in [0.1, 0.15) is 0 Å². The average Bonchev–Trinajstić information content (AvgIpc) is 3.27. The van der Waals surface area contributed by atoms with Crippen LogP contribution in [0.5, 0.6) is 0 Å². The Labute approximate surface area is 136 Å². The smallest absolute Gasteiger partial charge is 0.194 e. The van der Waals surface area contributed by atoms with E-state index in [9.17, 15) is 0 Å². The van der Waals surface area contributed by atoms with Crippen LogP contribution in [-0.4, -0.2) is 35.5 Å². The van der Waals surface area contributed by atoms with Crippen LogP contribution in [0.15, 0.2) is 4.99 Å². The van der Waals surface area contributed by atoms with Gasteiger partial charge in [-0.1, -0.05) is 45.4 Å². The zero-order valence-electron chi connectivity index (χ0n) is 14.5. The number of hydrogen-bond acceptors (Lipinski definition) is 1. The minimum atomic E-state index is 0.588. The third-order valence-corrected chi connectivity index (χ3v) is 5.82. The molecule has 0 spiro atoms. The lowest BCUT2D eigenvalue weighted by molar-refractivity contribution is 0.298. The summed E-state index contributed by atoms with van der Waals surface area (Å²) < 4.78 is 0. The van der Waals surface area contributed by atoms with Crippen molar-refractivity contribution in [2.45, 2.75) is 109 Å². The van der Waals surface area contributed by atoms with Gasteiger partial charge >= 0.3 is 0 Å². The summed E-state index contributed by atoms with van der Waals surface area (Å²) in [4.78, 5) is 7.89. The van der Waals surface area contributed by atoms with Crippen LogP contribution in [0, 0.1) is 0 Å². The fourth-order valence-electron chi connectivity index (χ4n) is 4.57. The molecule has 3 nitrogen and oxygen atoms in total. The van der Waals surface area contributed by atoms with Crippen molar-refractivity contribution < 1.29 is 0 Å². The van der Waals surface area contributed by atoms with E-state index in [0.717, 1.165) is 6.04 Å². The van der Waals surface area contributed by atoms with E-state index in [1.165, 1.54) is 96.0 Å². The minimum absolute atomic E-state index is 0.588. The van der Waals surface area contributed by atoms with E-state index in [1.54, 1.807) is 0 Å². The quantitative estimate of drug-likeness (QED) is 0.599. The molecule has 0 aromatic rings. The Morgan fingerprint density at radius 3 is 2.14 bits per heavy atom. The molecular formula is C19H35N3. The molecule has 1 N–H and O–H groups in total. The lowest BCUT2D eigenvalue weighted by Crippen LogP contribution is -2.50. The molecule has 0 unspecified atom stereocenters. The summed E-state index contributed by atoms with van der Waals surface area (Å²) in [5, 5.41) is 3.88. The summed E-state index contributed by atoms with van der Waals surface area (Å²) in [5.41, 5.74) is 0. The van der Waals surface area contributed by atoms with Gasteiger partial charge in [0, 0.05) is 18.6 Å². The summed E-state index contributed by atoms with van der Waals surface area (Å²) in [6.45, 7) is 3.49. The monoisotopic (exact) mass is 305 g/mol. The summed E-state index contributed by atoms with van der Waals surface area (Å²) in [6.07, 6.45) is 17.6. The van der Waals surface area contributed by atoms with Crippen LogP contribution in [0.25, 0.3) is 0 Å². The number of rotatable bonds is 5. The molecule has 3 saturated carbocycles. The van der Waals surface area contributed by atoms with E-state index in [-0.39, 0.29) is 0 Å². The number of hydrogen-bond donors (Lipinski definition) is 1. The molecule has 0 atom stereocenters. The third kappa shape index (κ3) is 4.17. The Kier molecular flexibility index (Phi) is 6.03. The van der Waals surface area contributed by atoms with Crippen molar-refractivity contribution in [2.75, 3.05) is 6.54 Å². The number of nitrogens with one attached hydrogen (secondary N) is 1. The SMILES string of the molecule is CCCN(C(=NC1CCCC1)NC1CCCC1)C1CCCC1. The lowest BCUT2D eigenvalue weighted by atomic mass is 10.2. The van der Waals surface area contributed by atoms with Crippen LogP contribution >= 0.6 is 0 Å². The van der Waals surface area contributed by atoms with Gasteiger partial charge in [-0.3, -0.25) is 0 Å². The molecule has 126 valence electrons. The van der Waals surface area contributed by atoms with Crippen molar-refractivity contribution >= 4 is 5.96 Å². The number of aliphatic imine (C=N–C) groups is 1. The van der Waals surface area contributed by atoms with Gasteiger partial charge in [0.2, 0.25) is 0 Å². The molecule has 0 aromatic carbocycles. The van der Waals surface area contributed by atoms with Crippen LogP contribution in [0.1, 0.15) is 90.4 Å². The van der Waals surface area contributed by atoms with Gasteiger partial charge in [0.25, 0.3) is 0 Å². The van der Waals surface area contributed by atoms with Gasteiger partial charge in [-0.2, -0.15) is 0 Å². The standard InChI is InChI=1S/C19H35N3/c1-2-15-22(18-13-7-8-14-18)19(20-16-9-3-4-10-16)21-17-11-5-6-12-17/h16-18H,2-15H2,1H3,(H,20,21). The molecular weight excluding hydrogens is 270 g/mol. The van der Waals surface area contributed by atoms with Gasteiger partial charge in [-0.05, 0) is 44.9 Å². The summed E-state index contributed by atoms with van der Waals surface area (Å²) in [7, 11) is 0. The molecule has 0 aliphatic heterocycles. The lowest BCUT2D eigenvalue weighted by Gasteiger charge is -2.34. The molecule has 3 aliphatic carbocycles. The van der Waals surface area contributed by atoms with E-state index in [4.69, 9.17) is 4.99 Å². The second-order valence-electron chi connectivity index (χ2n) is 7.65. The Morgan fingerprint density at radius 2 is 1.50 bits per heavy atom. The van der Waals surface area contributed by atoms with E-state index in [1.807, 2.05) is 0 Å². The number of nitrogens with zero attached hydrogens (tertiary/aromatic N) is 2. The van der Waals surface area contributed by atoms with E-state index in [2.05, 4.69) is 17.1 Å². The summed E-state index contributed by atoms with van der Waals surface area (Å²) in [6, 6.07) is 2.01. The largest absolute Gasteiger partial charge is 0.353 e. The first kappa shape index (κ1) is 16.1. The van der Waals surface area contributed by atoms with Crippen LogP contribution in [0.3, 0.4) is 0 Å². The predicted octanol–water partition coefficient (Wildman–Crippen LogP) is 4.47. The van der Waals surface area contributed by atoms with Crippen LogP contribution in [0.4, 0.5) is 0 Å². The highest BCUT2D eigenvalue weighted by atomic mass is 15.3. The molecule has 3 rings (SSSR count). The van der Waals surface area contributed by atoms with Crippen molar-refractivity contribution in [2.24, 2.45) is 4.99 Å². The van der Waals surface area contributed by atoms with Gasteiger partial charge in [-0.15, -0.1) is 0 Å². The molecule has 0 amide bonds. The van der Waals surface area contributed by atoms with Crippen molar-refractivity contribution in [3.8, 4) is 0 Å². The Balaban J connectivity index is 1.73. The first-order valence-electron chi connectivity index (χ1n) is 9.98. The molecule has 22 heavy (non-hydrogen) atoms. The zero-order valence-corrected chi connectivity index (χ0v) is 14.5. The van der Waals surface area contributed by atoms with E-state index < -0.39 is 0 Å². The molecule has 0 saturated heterocycles. The molecule has 3 aliphatic rings. The summed E-state index contributed by atoms with van der Waals surface area (Å²) in [5.74, 6) is 1.27. The number of guanidine groups is 1. The maximum absolute atomic E-state index is 5.23. The Bertz CT molecular complexity index is 348. The van der Waals surface area contributed by atoms with Gasteiger partial charge < -0.3 is 10.2 Å². The average molecular weight is 306 g/mol. The molecule has 0 bridgehead atoms. The van der Waals surface area contributed by atoms with Crippen molar-refractivity contribution in [3.05, 3.63) is 0 Å². The second kappa shape index (κ2) is 8.21. The van der Waals surface area contributed by atoms with Gasteiger partial charge in [0.05, 0.1) is 6.04 Å². The third-order valence-electron chi connectivity index (χ3n) is 5.82. The molecule has 0 aromatic heterocycles. The maximum Gasteiger partial charge on any atom is 0.194 e. The van der Waals surface area contributed by atoms with Gasteiger partial charge in [-0.25, -0.2) is 4.99 Å². The topological polar surface area (TPSA) is 27.6 Å². The summed E-state index contributed by atoms with van der Waals surface area (Å²) >= 11 is 0.